The van der Waals surface area contributed by atoms with Crippen LogP contribution in [0, 0.1) is 5.92 Å². The summed E-state index contributed by atoms with van der Waals surface area (Å²) < 4.78 is 67.6. The lowest BCUT2D eigenvalue weighted by molar-refractivity contribution is -0.130. The van der Waals surface area contributed by atoms with E-state index in [-0.39, 0.29) is 50.1 Å². The number of carbonyl (C=O) groups excluding carboxylic acids is 2. The van der Waals surface area contributed by atoms with E-state index in [4.69, 9.17) is 23.2 Å². The maximum Gasteiger partial charge on any atom is 0.416 e. The van der Waals surface area contributed by atoms with Crippen LogP contribution >= 0.6 is 23.2 Å². The fourth-order valence-corrected chi connectivity index (χ4v) is 6.42. The molecule has 1 aromatic carbocycles. The van der Waals surface area contributed by atoms with Gasteiger partial charge in [-0.2, -0.15) is 18.2 Å². The fourth-order valence-electron chi connectivity index (χ4n) is 4.79. The standard InChI is InChI=1S/C24H25Cl2F3N4O4S/c1-3-38(36,37)19-5-4-14(25)8-13(19)10-33-22(34)16-9-18(24(27,28)29)17(20(26)21(16)31-23(33)35)12-32-7-6-15(11-32)30-2/h4-5,8-9,15-16,30H,3,6-7,10-12H2,1-2H3/t15-,16?/m0/s1. The van der Waals surface area contributed by atoms with E-state index in [0.29, 0.717) is 18.0 Å². The van der Waals surface area contributed by atoms with Crippen molar-refractivity contribution in [1.82, 2.24) is 15.1 Å². The van der Waals surface area contributed by atoms with Gasteiger partial charge in [-0.25, -0.2) is 13.2 Å². The van der Waals surface area contributed by atoms with E-state index in [1.165, 1.54) is 25.1 Å². The first-order valence-corrected chi connectivity index (χ1v) is 14.2. The Morgan fingerprint density at radius 3 is 2.50 bits per heavy atom. The Bertz CT molecular complexity index is 1370. The molecule has 4 rings (SSSR count). The Kier molecular flexibility index (Phi) is 8.11. The Morgan fingerprint density at radius 1 is 1.18 bits per heavy atom. The zero-order chi connectivity index (χ0) is 28.0. The van der Waals surface area contributed by atoms with Gasteiger partial charge in [0.15, 0.2) is 9.84 Å². The number of halogens is 5. The smallest absolute Gasteiger partial charge is 0.316 e. The Morgan fingerprint density at radius 2 is 1.89 bits per heavy atom. The van der Waals surface area contributed by atoms with Crippen molar-refractivity contribution in [3.05, 3.63) is 51.0 Å². The molecule has 1 N–H and O–H groups in total. The van der Waals surface area contributed by atoms with Crippen LogP contribution in [0.2, 0.25) is 5.02 Å². The molecule has 1 saturated heterocycles. The molecule has 0 radical (unpaired) electrons. The lowest BCUT2D eigenvalue weighted by atomic mass is 9.86. The number of hydrogen-bond acceptors (Lipinski definition) is 6. The number of imide groups is 1. The molecule has 206 valence electrons. The minimum absolute atomic E-state index is 0.0472. The van der Waals surface area contributed by atoms with Crippen LogP contribution in [0.25, 0.3) is 0 Å². The van der Waals surface area contributed by atoms with Gasteiger partial charge < -0.3 is 5.32 Å². The van der Waals surface area contributed by atoms with Gasteiger partial charge in [-0.3, -0.25) is 14.6 Å². The van der Waals surface area contributed by atoms with Crippen molar-refractivity contribution >= 4 is 50.7 Å². The lowest BCUT2D eigenvalue weighted by Gasteiger charge is -2.34. The minimum Gasteiger partial charge on any atom is -0.316 e. The second-order valence-corrected chi connectivity index (χ2v) is 12.3. The SMILES string of the molecule is CCS(=O)(=O)c1ccc(Cl)cc1CN1C(=O)N=C2C(Cl)=C(CN3CC[C@H](NC)C3)C(C(F)(F)F)=CC2C1=O. The Balaban J connectivity index is 1.72. The van der Waals surface area contributed by atoms with Crippen molar-refractivity contribution in [2.75, 3.05) is 32.4 Å². The van der Waals surface area contributed by atoms with E-state index in [2.05, 4.69) is 10.3 Å². The zero-order valence-corrected chi connectivity index (χ0v) is 22.8. The third-order valence-corrected chi connectivity index (χ3v) is 9.34. The monoisotopic (exact) mass is 592 g/mol. The molecule has 8 nitrogen and oxygen atoms in total. The molecule has 0 spiro atoms. The van der Waals surface area contributed by atoms with Crippen molar-refractivity contribution < 1.29 is 31.2 Å². The Hall–Kier alpha value is -2.25. The number of benzene rings is 1. The Labute approximate surface area is 228 Å². The molecule has 2 heterocycles. The number of aliphatic imine (C=N–C) groups is 1. The molecule has 2 atom stereocenters. The van der Waals surface area contributed by atoms with Gasteiger partial charge in [0, 0.05) is 30.7 Å². The van der Waals surface area contributed by atoms with Crippen molar-refractivity contribution in [2.45, 2.75) is 37.0 Å². The summed E-state index contributed by atoms with van der Waals surface area (Å²) in [6.07, 6.45) is -3.32. The van der Waals surface area contributed by atoms with E-state index in [1.807, 2.05) is 4.90 Å². The molecule has 0 aromatic heterocycles. The normalized spacial score (nSPS) is 23.1. The number of likely N-dealkylation sites (N-methyl/N-ethyl adjacent to an activating group) is 1. The van der Waals surface area contributed by atoms with Gasteiger partial charge in [-0.1, -0.05) is 36.2 Å². The maximum atomic E-state index is 14.2. The maximum absolute atomic E-state index is 14.2. The highest BCUT2D eigenvalue weighted by molar-refractivity contribution is 7.91. The van der Waals surface area contributed by atoms with Gasteiger partial charge in [0.2, 0.25) is 5.91 Å². The van der Waals surface area contributed by atoms with E-state index in [0.717, 1.165) is 12.5 Å². The lowest BCUT2D eigenvalue weighted by Crippen LogP contribution is -2.47. The van der Waals surface area contributed by atoms with Crippen LogP contribution in [0.3, 0.4) is 0 Å². The number of hydrogen-bond donors (Lipinski definition) is 1. The zero-order valence-electron chi connectivity index (χ0n) is 20.5. The van der Waals surface area contributed by atoms with Crippen LogP contribution < -0.4 is 5.32 Å². The summed E-state index contributed by atoms with van der Waals surface area (Å²) in [5.74, 6) is -2.80. The van der Waals surface area contributed by atoms with Crippen molar-refractivity contribution in [1.29, 1.82) is 0 Å². The summed E-state index contributed by atoms with van der Waals surface area (Å²) in [6.45, 7) is 1.83. The highest BCUT2D eigenvalue weighted by Crippen LogP contribution is 2.41. The molecule has 3 amide bonds. The molecular weight excluding hydrogens is 568 g/mol. The van der Waals surface area contributed by atoms with Gasteiger partial charge >= 0.3 is 12.2 Å². The predicted molar refractivity (Wildman–Crippen MR) is 137 cm³/mol. The van der Waals surface area contributed by atoms with Crippen LogP contribution in [0.5, 0.6) is 0 Å². The third kappa shape index (κ3) is 5.55. The highest BCUT2D eigenvalue weighted by atomic mass is 35.5. The van der Waals surface area contributed by atoms with E-state index in [1.54, 1.807) is 7.05 Å². The predicted octanol–water partition coefficient (Wildman–Crippen LogP) is 3.94. The molecule has 1 aliphatic carbocycles. The quantitative estimate of drug-likeness (QED) is 0.515. The van der Waals surface area contributed by atoms with Crippen molar-refractivity contribution in [3.8, 4) is 0 Å². The fraction of sp³-hybridized carbons (Fsp3) is 0.458. The second kappa shape index (κ2) is 10.7. The molecule has 1 fully saturated rings. The molecule has 0 saturated carbocycles. The number of sulfone groups is 1. The highest BCUT2D eigenvalue weighted by Gasteiger charge is 2.47. The molecule has 1 unspecified atom stereocenters. The molecule has 0 bridgehead atoms. The van der Waals surface area contributed by atoms with Crippen LogP contribution in [-0.2, 0) is 21.2 Å². The van der Waals surface area contributed by atoms with E-state index >= 15 is 0 Å². The number of amides is 3. The van der Waals surface area contributed by atoms with Crippen molar-refractivity contribution in [2.24, 2.45) is 10.9 Å². The summed E-state index contributed by atoms with van der Waals surface area (Å²) in [5.41, 5.74) is -1.51. The van der Waals surface area contributed by atoms with E-state index < -0.39 is 46.0 Å². The van der Waals surface area contributed by atoms with Gasteiger partial charge in [-0.15, -0.1) is 0 Å². The molecule has 2 aliphatic heterocycles. The first kappa shape index (κ1) is 28.8. The molecule has 1 aromatic rings. The second-order valence-electron chi connectivity index (χ2n) is 9.22. The van der Waals surface area contributed by atoms with Crippen molar-refractivity contribution in [3.63, 3.8) is 0 Å². The summed E-state index contributed by atoms with van der Waals surface area (Å²) >= 11 is 12.4. The number of rotatable bonds is 7. The number of urea groups is 1. The van der Waals surface area contributed by atoms with Gasteiger partial charge in [0.1, 0.15) is 5.92 Å². The topological polar surface area (TPSA) is 99.2 Å². The number of allylic oxidation sites excluding steroid dienone is 1. The van der Waals surface area contributed by atoms with Gasteiger partial charge in [-0.05, 0) is 42.8 Å². The number of nitrogens with one attached hydrogen (secondary N) is 1. The minimum atomic E-state index is -4.81. The number of fused-ring (bicyclic) bond motifs is 1. The molecule has 38 heavy (non-hydrogen) atoms. The van der Waals surface area contributed by atoms with Crippen LogP contribution in [-0.4, -0.2) is 80.5 Å². The number of carbonyl (C=O) groups is 2. The molecule has 14 heteroatoms. The number of nitrogens with zero attached hydrogens (tertiary/aromatic N) is 3. The summed E-state index contributed by atoms with van der Waals surface area (Å²) in [6, 6.07) is 2.98. The first-order valence-electron chi connectivity index (χ1n) is 11.8. The average Bonchev–Trinajstić information content (AvgIpc) is 3.30. The third-order valence-electron chi connectivity index (χ3n) is 6.86. The van der Waals surface area contributed by atoms with Gasteiger partial charge in [0.25, 0.3) is 0 Å². The first-order chi connectivity index (χ1) is 17.8. The van der Waals surface area contributed by atoms with Crippen LogP contribution in [0.4, 0.5) is 18.0 Å². The largest absolute Gasteiger partial charge is 0.416 e. The molecular formula is C24H25Cl2F3N4O4S. The van der Waals surface area contributed by atoms with Crippen LogP contribution in [0.1, 0.15) is 18.9 Å². The average molecular weight is 593 g/mol. The van der Waals surface area contributed by atoms with Crippen LogP contribution in [0.15, 0.2) is 50.3 Å². The summed E-state index contributed by atoms with van der Waals surface area (Å²) in [7, 11) is -1.98. The number of alkyl halides is 3. The van der Waals surface area contributed by atoms with E-state index in [9.17, 15) is 31.2 Å². The summed E-state index contributed by atoms with van der Waals surface area (Å²) in [5, 5.41) is 2.87. The number of likely N-dealkylation sites (tertiary alicyclic amines) is 1. The molecule has 3 aliphatic rings. The van der Waals surface area contributed by atoms with Gasteiger partial charge in [0.05, 0.1) is 33.5 Å². The summed E-state index contributed by atoms with van der Waals surface area (Å²) in [4.78, 5) is 32.5.